The molecule has 1 N–H and O–H groups in total. The van der Waals surface area contributed by atoms with Gasteiger partial charge in [0, 0.05) is 11.8 Å². The van der Waals surface area contributed by atoms with Crippen LogP contribution in [-0.2, 0) is 9.53 Å². The first-order valence-corrected chi connectivity index (χ1v) is 6.01. The lowest BCUT2D eigenvalue weighted by atomic mass is 10.2. The molecule has 0 aromatic heterocycles. The van der Waals surface area contributed by atoms with Gasteiger partial charge in [-0.05, 0) is 18.6 Å². The zero-order valence-electron chi connectivity index (χ0n) is 8.22. The molecular formula is C9H13NO4S. The summed E-state index contributed by atoms with van der Waals surface area (Å²) in [5, 5.41) is 9.15. The van der Waals surface area contributed by atoms with Crippen molar-refractivity contribution in [3.05, 3.63) is 0 Å². The highest BCUT2D eigenvalue weighted by Gasteiger charge is 2.37. The number of hydrogen-bond donors (Lipinski definition) is 1. The van der Waals surface area contributed by atoms with E-state index in [1.165, 1.54) is 11.3 Å². The Bertz CT molecular complexity index is 277. The minimum atomic E-state index is -1.06. The molecule has 2 rings (SSSR count). The maximum absolute atomic E-state index is 11.3. The summed E-state index contributed by atoms with van der Waals surface area (Å²) < 4.78 is 4.72. The Morgan fingerprint density at radius 1 is 1.67 bits per heavy atom. The second-order valence-electron chi connectivity index (χ2n) is 3.75. The summed E-state index contributed by atoms with van der Waals surface area (Å²) in [6, 6.07) is 0. The molecule has 1 unspecified atom stereocenters. The number of carbonyl (C=O) groups is 2. The Labute approximate surface area is 91.8 Å². The van der Waals surface area contributed by atoms with Crippen LogP contribution in [0, 0.1) is 0 Å². The highest BCUT2D eigenvalue weighted by atomic mass is 32.2. The van der Waals surface area contributed by atoms with Crippen LogP contribution in [-0.4, -0.2) is 52.3 Å². The van der Waals surface area contributed by atoms with Crippen LogP contribution >= 0.6 is 11.8 Å². The van der Waals surface area contributed by atoms with E-state index < -0.39 is 18.2 Å². The summed E-state index contributed by atoms with van der Waals surface area (Å²) in [7, 11) is 0. The third-order valence-corrected chi connectivity index (χ3v) is 3.99. The number of amides is 1. The lowest BCUT2D eigenvalue weighted by molar-refractivity contribution is -0.144. The molecule has 0 aromatic rings. The van der Waals surface area contributed by atoms with Gasteiger partial charge in [0.25, 0.3) is 0 Å². The molecule has 0 radical (unpaired) electrons. The maximum atomic E-state index is 11.3. The van der Waals surface area contributed by atoms with Crippen molar-refractivity contribution < 1.29 is 19.4 Å². The first-order valence-electron chi connectivity index (χ1n) is 4.97. The summed E-state index contributed by atoms with van der Waals surface area (Å²) in [6.07, 6.45) is 0.811. The molecule has 2 aliphatic rings. The Kier molecular flexibility index (Phi) is 3.04. The molecule has 2 aliphatic heterocycles. The van der Waals surface area contributed by atoms with Crippen LogP contribution in [0.3, 0.4) is 0 Å². The predicted molar refractivity (Wildman–Crippen MR) is 55.0 cm³/mol. The Morgan fingerprint density at radius 3 is 3.00 bits per heavy atom. The quantitative estimate of drug-likeness (QED) is 0.777. The molecule has 0 spiro atoms. The Morgan fingerprint density at radius 2 is 2.47 bits per heavy atom. The van der Waals surface area contributed by atoms with Crippen molar-refractivity contribution in [2.75, 3.05) is 18.8 Å². The fraction of sp³-hybridized carbons (Fsp3) is 0.778. The largest absolute Gasteiger partial charge is 0.478 e. The van der Waals surface area contributed by atoms with E-state index >= 15 is 0 Å². The van der Waals surface area contributed by atoms with Crippen molar-refractivity contribution in [1.29, 1.82) is 0 Å². The molecule has 2 fully saturated rings. The van der Waals surface area contributed by atoms with E-state index in [2.05, 4.69) is 0 Å². The van der Waals surface area contributed by atoms with Crippen LogP contribution in [0.15, 0.2) is 0 Å². The number of carboxylic acids is 1. The first-order chi connectivity index (χ1) is 7.16. The predicted octanol–water partition coefficient (Wildman–Crippen LogP) is 0.787. The summed E-state index contributed by atoms with van der Waals surface area (Å²) in [6.45, 7) is 0.804. The van der Waals surface area contributed by atoms with Gasteiger partial charge in [-0.2, -0.15) is 11.8 Å². The van der Waals surface area contributed by atoms with Gasteiger partial charge in [-0.15, -0.1) is 0 Å². The summed E-state index contributed by atoms with van der Waals surface area (Å²) in [5.41, 5.74) is 0. The molecule has 84 valence electrons. The van der Waals surface area contributed by atoms with Crippen LogP contribution in [0.4, 0.5) is 4.79 Å². The van der Waals surface area contributed by atoms with E-state index in [0.29, 0.717) is 11.8 Å². The first kappa shape index (κ1) is 10.6. The Balaban J connectivity index is 1.87. The summed E-state index contributed by atoms with van der Waals surface area (Å²) in [4.78, 5) is 23.4. The van der Waals surface area contributed by atoms with Gasteiger partial charge in [0.2, 0.25) is 6.10 Å². The number of nitrogens with zero attached hydrogens (tertiary/aromatic N) is 1. The zero-order chi connectivity index (χ0) is 10.8. The number of aliphatic carboxylic acids is 1. The van der Waals surface area contributed by atoms with Gasteiger partial charge in [0.1, 0.15) is 0 Å². The van der Waals surface area contributed by atoms with Gasteiger partial charge in [-0.25, -0.2) is 9.59 Å². The van der Waals surface area contributed by atoms with Gasteiger partial charge in [0.05, 0.1) is 6.54 Å². The van der Waals surface area contributed by atoms with Gasteiger partial charge < -0.3 is 14.7 Å². The van der Waals surface area contributed by atoms with E-state index in [-0.39, 0.29) is 6.54 Å². The van der Waals surface area contributed by atoms with Crippen molar-refractivity contribution in [2.45, 2.75) is 24.2 Å². The minimum absolute atomic E-state index is 0.186. The number of carbonyl (C=O) groups excluding carboxylic acids is 1. The van der Waals surface area contributed by atoms with Crippen molar-refractivity contribution in [3.63, 3.8) is 0 Å². The number of thioether (sulfide) groups is 1. The highest BCUT2D eigenvalue weighted by Crippen LogP contribution is 2.28. The van der Waals surface area contributed by atoms with Crippen LogP contribution in [0.5, 0.6) is 0 Å². The molecule has 5 nitrogen and oxygen atoms in total. The van der Waals surface area contributed by atoms with Gasteiger partial charge in [0.15, 0.2) is 0 Å². The zero-order valence-corrected chi connectivity index (χ0v) is 9.03. The summed E-state index contributed by atoms with van der Waals surface area (Å²) >= 11 is 1.84. The molecule has 1 amide bonds. The number of hydrogen-bond acceptors (Lipinski definition) is 4. The lowest BCUT2D eigenvalue weighted by Gasteiger charge is -2.16. The molecule has 2 heterocycles. The average molecular weight is 231 g/mol. The van der Waals surface area contributed by atoms with E-state index in [1.54, 1.807) is 0 Å². The van der Waals surface area contributed by atoms with Gasteiger partial charge in [-0.1, -0.05) is 0 Å². The van der Waals surface area contributed by atoms with E-state index in [9.17, 15) is 9.59 Å². The Hall–Kier alpha value is -0.910. The van der Waals surface area contributed by atoms with Gasteiger partial charge >= 0.3 is 12.1 Å². The van der Waals surface area contributed by atoms with Crippen molar-refractivity contribution in [3.8, 4) is 0 Å². The second-order valence-corrected chi connectivity index (χ2v) is 5.16. The van der Waals surface area contributed by atoms with Crippen LogP contribution in [0.1, 0.15) is 12.8 Å². The highest BCUT2D eigenvalue weighted by molar-refractivity contribution is 8.00. The van der Waals surface area contributed by atoms with E-state index in [4.69, 9.17) is 9.84 Å². The number of carboxylic acid groups (broad SMARTS) is 1. The van der Waals surface area contributed by atoms with E-state index in [0.717, 1.165) is 12.2 Å². The third-order valence-electron chi connectivity index (χ3n) is 2.61. The van der Waals surface area contributed by atoms with Crippen LogP contribution in [0.2, 0.25) is 0 Å². The van der Waals surface area contributed by atoms with Crippen LogP contribution in [0.25, 0.3) is 0 Å². The molecule has 15 heavy (non-hydrogen) atoms. The normalized spacial score (nSPS) is 30.7. The van der Waals surface area contributed by atoms with Crippen LogP contribution < -0.4 is 0 Å². The third kappa shape index (κ3) is 2.37. The van der Waals surface area contributed by atoms with Crippen molar-refractivity contribution >= 4 is 23.8 Å². The average Bonchev–Trinajstić information content (AvgIpc) is 2.77. The van der Waals surface area contributed by atoms with E-state index in [1.807, 2.05) is 11.8 Å². The minimum Gasteiger partial charge on any atom is -0.478 e. The molecule has 2 atom stereocenters. The molecule has 0 bridgehead atoms. The molecule has 0 saturated carbocycles. The molecular weight excluding hydrogens is 218 g/mol. The number of ether oxygens (including phenoxy) is 1. The second kappa shape index (κ2) is 4.30. The standard InChI is InChI=1S/C9H13NO4S/c11-8(12)7-5-10(9(13)14-7)4-6-2-1-3-15-6/h6-7H,1-5H2,(H,11,12)/t6?,7-/m1/s1. The molecule has 0 aliphatic carbocycles. The van der Waals surface area contributed by atoms with Crippen molar-refractivity contribution in [2.24, 2.45) is 0 Å². The number of cyclic esters (lactones) is 1. The topological polar surface area (TPSA) is 66.8 Å². The van der Waals surface area contributed by atoms with Gasteiger partial charge in [-0.3, -0.25) is 0 Å². The SMILES string of the molecule is O=C(O)[C@H]1CN(CC2CCCS2)C(=O)O1. The smallest absolute Gasteiger partial charge is 0.410 e. The molecule has 2 saturated heterocycles. The number of rotatable bonds is 3. The maximum Gasteiger partial charge on any atom is 0.410 e. The molecule has 0 aromatic carbocycles. The molecule has 6 heteroatoms. The monoisotopic (exact) mass is 231 g/mol. The summed E-state index contributed by atoms with van der Waals surface area (Å²) in [5.74, 6) is 0.0700. The lowest BCUT2D eigenvalue weighted by Crippen LogP contribution is -2.32. The van der Waals surface area contributed by atoms with Crippen molar-refractivity contribution in [1.82, 2.24) is 4.90 Å². The fourth-order valence-corrected chi connectivity index (χ4v) is 3.11. The fourth-order valence-electron chi connectivity index (χ4n) is 1.82.